The molecule has 0 saturated heterocycles. The van der Waals surface area contributed by atoms with Gasteiger partial charge >= 0.3 is 0 Å². The zero-order chi connectivity index (χ0) is 19.5. The van der Waals surface area contributed by atoms with Crippen LogP contribution in [0.5, 0.6) is 11.5 Å². The van der Waals surface area contributed by atoms with Crippen LogP contribution >= 0.6 is 0 Å². The number of carbonyl (C=O) groups excluding carboxylic acids is 2. The molecule has 2 aromatic rings. The van der Waals surface area contributed by atoms with Crippen molar-refractivity contribution in [3.05, 3.63) is 54.1 Å². The molecule has 0 bridgehead atoms. The molecule has 2 heterocycles. The molecule has 2 aromatic carbocycles. The van der Waals surface area contributed by atoms with E-state index < -0.39 is 0 Å². The molecule has 2 amide bonds. The molecular formula is C22H24N2O4. The Kier molecular flexibility index (Phi) is 5.19. The second-order valence-corrected chi connectivity index (χ2v) is 7.36. The van der Waals surface area contributed by atoms with E-state index in [4.69, 9.17) is 9.47 Å². The van der Waals surface area contributed by atoms with Crippen LogP contribution in [0.15, 0.2) is 48.5 Å². The summed E-state index contributed by atoms with van der Waals surface area (Å²) in [5.74, 6) is 1.27. The Bertz CT molecular complexity index is 882. The Morgan fingerprint density at radius 1 is 1.14 bits per heavy atom. The summed E-state index contributed by atoms with van der Waals surface area (Å²) in [4.78, 5) is 26.5. The van der Waals surface area contributed by atoms with Crippen LogP contribution in [0.4, 0.5) is 5.69 Å². The summed E-state index contributed by atoms with van der Waals surface area (Å²) in [5, 5.41) is 2.94. The summed E-state index contributed by atoms with van der Waals surface area (Å²) in [6.45, 7) is 0.864. The van der Waals surface area contributed by atoms with Gasteiger partial charge in [-0.05, 0) is 36.6 Å². The van der Waals surface area contributed by atoms with Crippen molar-refractivity contribution < 1.29 is 19.1 Å². The van der Waals surface area contributed by atoms with Crippen molar-refractivity contribution in [1.29, 1.82) is 0 Å². The molecule has 0 aliphatic carbocycles. The average molecular weight is 380 g/mol. The molecule has 0 aromatic heterocycles. The summed E-state index contributed by atoms with van der Waals surface area (Å²) in [5.41, 5.74) is 2.00. The van der Waals surface area contributed by atoms with E-state index in [2.05, 4.69) is 5.32 Å². The highest BCUT2D eigenvalue weighted by molar-refractivity contribution is 5.96. The number of nitrogens with one attached hydrogen (secondary N) is 1. The first kappa shape index (κ1) is 18.3. The first-order chi connectivity index (χ1) is 13.6. The fraction of sp³-hybridized carbons (Fsp3) is 0.364. The molecular weight excluding hydrogens is 356 g/mol. The molecule has 2 atom stereocenters. The van der Waals surface area contributed by atoms with Gasteiger partial charge in [-0.15, -0.1) is 0 Å². The number of nitrogens with zero attached hydrogens (tertiary/aromatic N) is 1. The third kappa shape index (κ3) is 3.96. The highest BCUT2D eigenvalue weighted by atomic mass is 16.6. The van der Waals surface area contributed by atoms with E-state index in [1.54, 1.807) is 11.9 Å². The van der Waals surface area contributed by atoms with Crippen LogP contribution in [0.2, 0.25) is 0 Å². The number of para-hydroxylation sites is 3. The van der Waals surface area contributed by atoms with Gasteiger partial charge in [-0.1, -0.05) is 30.3 Å². The molecule has 4 rings (SSSR count). The molecule has 1 N–H and O–H groups in total. The quantitative estimate of drug-likeness (QED) is 0.866. The van der Waals surface area contributed by atoms with Gasteiger partial charge in [-0.2, -0.15) is 0 Å². The normalized spacial score (nSPS) is 20.1. The summed E-state index contributed by atoms with van der Waals surface area (Å²) < 4.78 is 11.6. The molecule has 0 radical (unpaired) electrons. The zero-order valence-electron chi connectivity index (χ0n) is 15.9. The van der Waals surface area contributed by atoms with Gasteiger partial charge in [0.1, 0.15) is 6.61 Å². The predicted octanol–water partition coefficient (Wildman–Crippen LogP) is 2.88. The number of likely N-dealkylation sites (N-methyl/N-ethyl adjacent to an activating group) is 1. The highest BCUT2D eigenvalue weighted by Crippen LogP contribution is 2.31. The number of hydrogen-bond acceptors (Lipinski definition) is 4. The van der Waals surface area contributed by atoms with Crippen LogP contribution in [0.1, 0.15) is 18.4 Å². The van der Waals surface area contributed by atoms with Crippen LogP contribution in [0.3, 0.4) is 0 Å². The third-order valence-electron chi connectivity index (χ3n) is 5.29. The van der Waals surface area contributed by atoms with Crippen molar-refractivity contribution in [2.45, 2.75) is 25.4 Å². The average Bonchev–Trinajstić information content (AvgIpc) is 2.71. The second kappa shape index (κ2) is 7.92. The minimum atomic E-state index is -0.200. The molecule has 6 heteroatoms. The van der Waals surface area contributed by atoms with Gasteiger partial charge in [-0.25, -0.2) is 0 Å². The van der Waals surface area contributed by atoms with Gasteiger partial charge in [0.25, 0.3) is 0 Å². The minimum absolute atomic E-state index is 0.00484. The summed E-state index contributed by atoms with van der Waals surface area (Å²) >= 11 is 0. The van der Waals surface area contributed by atoms with Crippen LogP contribution < -0.4 is 14.8 Å². The maximum absolute atomic E-state index is 12.6. The number of benzene rings is 2. The van der Waals surface area contributed by atoms with Crippen molar-refractivity contribution in [2.75, 3.05) is 25.5 Å². The number of ether oxygens (including phenoxy) is 2. The van der Waals surface area contributed by atoms with E-state index in [-0.39, 0.29) is 23.8 Å². The molecule has 146 valence electrons. The van der Waals surface area contributed by atoms with E-state index in [0.29, 0.717) is 38.2 Å². The predicted molar refractivity (Wildman–Crippen MR) is 105 cm³/mol. The Morgan fingerprint density at radius 3 is 2.75 bits per heavy atom. The summed E-state index contributed by atoms with van der Waals surface area (Å²) in [6, 6.07) is 15.3. The molecule has 28 heavy (non-hydrogen) atoms. The molecule has 0 saturated carbocycles. The molecule has 0 fully saturated rings. The fourth-order valence-electron chi connectivity index (χ4n) is 3.70. The Morgan fingerprint density at radius 2 is 1.89 bits per heavy atom. The lowest BCUT2D eigenvalue weighted by atomic mass is 9.89. The number of anilines is 1. The summed E-state index contributed by atoms with van der Waals surface area (Å²) in [7, 11) is 1.77. The lowest BCUT2D eigenvalue weighted by Gasteiger charge is -2.30. The van der Waals surface area contributed by atoms with Gasteiger partial charge in [-0.3, -0.25) is 9.59 Å². The third-order valence-corrected chi connectivity index (χ3v) is 5.29. The Balaban J connectivity index is 1.28. The fourth-order valence-corrected chi connectivity index (χ4v) is 3.70. The maximum atomic E-state index is 12.6. The minimum Gasteiger partial charge on any atom is -0.486 e. The molecule has 6 nitrogen and oxygen atoms in total. The van der Waals surface area contributed by atoms with E-state index in [9.17, 15) is 9.59 Å². The molecule has 0 unspecified atom stereocenters. The van der Waals surface area contributed by atoms with Crippen LogP contribution in [0.25, 0.3) is 0 Å². The van der Waals surface area contributed by atoms with Crippen molar-refractivity contribution in [3.63, 3.8) is 0 Å². The number of hydrogen-bond donors (Lipinski definition) is 1. The van der Waals surface area contributed by atoms with Gasteiger partial charge in [0, 0.05) is 25.1 Å². The molecule has 2 aliphatic rings. The Hall–Kier alpha value is -3.02. The highest BCUT2D eigenvalue weighted by Gasteiger charge is 2.28. The van der Waals surface area contributed by atoms with Crippen LogP contribution in [0, 0.1) is 5.92 Å². The largest absolute Gasteiger partial charge is 0.486 e. The van der Waals surface area contributed by atoms with Gasteiger partial charge in [0.2, 0.25) is 11.8 Å². The van der Waals surface area contributed by atoms with Gasteiger partial charge < -0.3 is 19.7 Å². The zero-order valence-corrected chi connectivity index (χ0v) is 15.9. The van der Waals surface area contributed by atoms with E-state index in [0.717, 1.165) is 17.0 Å². The topological polar surface area (TPSA) is 67.9 Å². The van der Waals surface area contributed by atoms with E-state index in [1.807, 2.05) is 48.5 Å². The first-order valence-electron chi connectivity index (χ1n) is 9.61. The van der Waals surface area contributed by atoms with Crippen molar-refractivity contribution >= 4 is 17.5 Å². The van der Waals surface area contributed by atoms with Crippen molar-refractivity contribution in [1.82, 2.24) is 4.90 Å². The standard InChI is InChI=1S/C22H24N2O4/c1-24(13-17-14-27-19-8-4-5-9-20(19)28-17)21(25)11-10-16-12-15-6-2-3-7-18(15)23-22(16)26/h2-9,16-17H,10-14H2,1H3,(H,23,26)/t16-,17-/m0/s1. The van der Waals surface area contributed by atoms with E-state index >= 15 is 0 Å². The monoisotopic (exact) mass is 380 g/mol. The lowest BCUT2D eigenvalue weighted by molar-refractivity contribution is -0.131. The van der Waals surface area contributed by atoms with Crippen LogP contribution in [-0.2, 0) is 16.0 Å². The smallest absolute Gasteiger partial charge is 0.227 e. The second-order valence-electron chi connectivity index (χ2n) is 7.36. The molecule has 2 aliphatic heterocycles. The van der Waals surface area contributed by atoms with Gasteiger partial charge in [0.15, 0.2) is 17.6 Å². The maximum Gasteiger partial charge on any atom is 0.227 e. The number of fused-ring (bicyclic) bond motifs is 2. The van der Waals surface area contributed by atoms with Crippen molar-refractivity contribution in [3.8, 4) is 11.5 Å². The first-order valence-corrected chi connectivity index (χ1v) is 9.61. The number of amides is 2. The molecule has 0 spiro atoms. The lowest BCUT2D eigenvalue weighted by Crippen LogP contribution is -2.42. The van der Waals surface area contributed by atoms with Crippen LogP contribution in [-0.4, -0.2) is 43.0 Å². The van der Waals surface area contributed by atoms with E-state index in [1.165, 1.54) is 0 Å². The SMILES string of the molecule is CN(C[C@H]1COc2ccccc2O1)C(=O)CC[C@H]1Cc2ccccc2NC1=O. The summed E-state index contributed by atoms with van der Waals surface area (Å²) in [6.07, 6.45) is 1.35. The Labute approximate surface area is 164 Å². The number of rotatable bonds is 5. The van der Waals surface area contributed by atoms with Gasteiger partial charge in [0.05, 0.1) is 6.54 Å². The van der Waals surface area contributed by atoms with Crippen molar-refractivity contribution in [2.24, 2.45) is 5.92 Å². The number of carbonyl (C=O) groups is 2.